The fraction of sp³-hybridized carbons (Fsp3) is 0.357. The van der Waals surface area contributed by atoms with Crippen molar-refractivity contribution in [1.29, 1.82) is 0 Å². The predicted octanol–water partition coefficient (Wildman–Crippen LogP) is 0.466. The number of nitrogens with one attached hydrogen (secondary N) is 1. The number of piperidine rings is 1. The quantitative estimate of drug-likeness (QED) is 0.763. The van der Waals surface area contributed by atoms with E-state index < -0.39 is 23.7 Å². The van der Waals surface area contributed by atoms with Gasteiger partial charge in [-0.15, -0.1) is 0 Å². The number of amides is 3. The summed E-state index contributed by atoms with van der Waals surface area (Å²) in [7, 11) is 0. The number of hydrogen-bond acceptors (Lipinski definition) is 4. The summed E-state index contributed by atoms with van der Waals surface area (Å²) in [5.41, 5.74) is -0.167. The lowest BCUT2D eigenvalue weighted by Crippen LogP contribution is -2.54. The molecule has 0 radical (unpaired) electrons. The van der Waals surface area contributed by atoms with Crippen molar-refractivity contribution < 1.29 is 23.5 Å². The van der Waals surface area contributed by atoms with Crippen LogP contribution in [0.15, 0.2) is 18.2 Å². The third-order valence-electron chi connectivity index (χ3n) is 3.63. The van der Waals surface area contributed by atoms with Gasteiger partial charge in [0, 0.05) is 6.42 Å². The van der Waals surface area contributed by atoms with E-state index in [0.29, 0.717) is 0 Å². The molecule has 3 amide bonds. The van der Waals surface area contributed by atoms with Gasteiger partial charge in [0.2, 0.25) is 11.8 Å². The van der Waals surface area contributed by atoms with Gasteiger partial charge in [-0.2, -0.15) is 0 Å². The molecule has 6 nitrogen and oxygen atoms in total. The minimum absolute atomic E-state index is 0.158. The highest BCUT2D eigenvalue weighted by Gasteiger charge is 2.37. The fourth-order valence-electron chi connectivity index (χ4n) is 2.61. The van der Waals surface area contributed by atoms with E-state index in [1.807, 2.05) is 0 Å². The van der Waals surface area contributed by atoms with E-state index in [9.17, 15) is 18.8 Å². The van der Waals surface area contributed by atoms with Crippen LogP contribution in [0.5, 0.6) is 5.75 Å². The first kappa shape index (κ1) is 13.5. The van der Waals surface area contributed by atoms with Crippen LogP contribution in [0.3, 0.4) is 0 Å². The summed E-state index contributed by atoms with van der Waals surface area (Å²) in [4.78, 5) is 36.9. The van der Waals surface area contributed by atoms with Crippen LogP contribution in [-0.2, 0) is 9.59 Å². The number of imide groups is 1. The molecule has 1 N–H and O–H groups in total. The molecule has 0 saturated carbocycles. The molecule has 1 atom stereocenters. The highest BCUT2D eigenvalue weighted by molar-refractivity contribution is 6.04. The predicted molar refractivity (Wildman–Crippen MR) is 69.1 cm³/mol. The first-order valence-corrected chi connectivity index (χ1v) is 6.64. The zero-order valence-electron chi connectivity index (χ0n) is 11.1. The largest absolute Gasteiger partial charge is 0.491 e. The molecule has 1 unspecified atom stereocenters. The highest BCUT2D eigenvalue weighted by Crippen LogP contribution is 2.27. The lowest BCUT2D eigenvalue weighted by Gasteiger charge is -2.31. The molecule has 110 valence electrons. The molecular formula is C14H13FN2O4. The molecule has 0 bridgehead atoms. The minimum Gasteiger partial charge on any atom is -0.491 e. The van der Waals surface area contributed by atoms with Crippen LogP contribution in [0, 0.1) is 5.82 Å². The van der Waals surface area contributed by atoms with E-state index in [0.717, 1.165) is 0 Å². The van der Waals surface area contributed by atoms with Gasteiger partial charge in [0.1, 0.15) is 29.8 Å². The second kappa shape index (κ2) is 5.16. The fourth-order valence-corrected chi connectivity index (χ4v) is 2.61. The Morgan fingerprint density at radius 2 is 2.10 bits per heavy atom. The van der Waals surface area contributed by atoms with Gasteiger partial charge >= 0.3 is 0 Å². The Morgan fingerprint density at radius 3 is 2.86 bits per heavy atom. The summed E-state index contributed by atoms with van der Waals surface area (Å²) in [5, 5.41) is 2.20. The molecule has 21 heavy (non-hydrogen) atoms. The monoisotopic (exact) mass is 292 g/mol. The molecule has 2 heterocycles. The maximum Gasteiger partial charge on any atom is 0.261 e. The Labute approximate surface area is 119 Å². The lowest BCUT2D eigenvalue weighted by molar-refractivity contribution is -0.136. The lowest BCUT2D eigenvalue weighted by atomic mass is 10.0. The molecule has 0 aromatic heterocycles. The van der Waals surface area contributed by atoms with Gasteiger partial charge in [-0.25, -0.2) is 4.39 Å². The number of rotatable bonds is 1. The minimum atomic E-state index is -0.774. The second-order valence-electron chi connectivity index (χ2n) is 4.93. The van der Waals surface area contributed by atoms with Crippen LogP contribution in [0.1, 0.15) is 23.2 Å². The Morgan fingerprint density at radius 1 is 1.29 bits per heavy atom. The van der Waals surface area contributed by atoms with E-state index in [1.165, 1.54) is 23.1 Å². The number of ether oxygens (including phenoxy) is 1. The molecule has 0 aliphatic carbocycles. The van der Waals surface area contributed by atoms with Gasteiger partial charge in [0.25, 0.3) is 5.91 Å². The third-order valence-corrected chi connectivity index (χ3v) is 3.63. The molecule has 3 rings (SSSR count). The molecule has 1 aromatic carbocycles. The SMILES string of the molecule is O=C1CCC(N2CCOc3cccc(F)c3C2=O)C(=O)N1. The van der Waals surface area contributed by atoms with E-state index in [2.05, 4.69) is 5.32 Å². The summed E-state index contributed by atoms with van der Waals surface area (Å²) in [6.45, 7) is 0.332. The standard InChI is InChI=1S/C14H13FN2O4/c15-8-2-1-3-10-12(8)14(20)17(6-7-21-10)9-4-5-11(18)16-13(9)19/h1-3,9H,4-7H2,(H,16,18,19). The Hall–Kier alpha value is -2.44. The van der Waals surface area contributed by atoms with Gasteiger partial charge in [0.05, 0.1) is 6.54 Å². The molecule has 7 heteroatoms. The van der Waals surface area contributed by atoms with Crippen LogP contribution >= 0.6 is 0 Å². The Bertz CT molecular complexity index is 631. The van der Waals surface area contributed by atoms with Crippen molar-refractivity contribution in [2.45, 2.75) is 18.9 Å². The number of carbonyl (C=O) groups is 3. The molecule has 1 saturated heterocycles. The van der Waals surface area contributed by atoms with Crippen LogP contribution in [-0.4, -0.2) is 41.8 Å². The van der Waals surface area contributed by atoms with Gasteiger partial charge in [0.15, 0.2) is 0 Å². The van der Waals surface area contributed by atoms with Gasteiger partial charge in [-0.05, 0) is 18.6 Å². The molecule has 1 aromatic rings. The summed E-state index contributed by atoms with van der Waals surface area (Å²) in [5.74, 6) is -1.98. The zero-order chi connectivity index (χ0) is 15.0. The van der Waals surface area contributed by atoms with E-state index >= 15 is 0 Å². The molecule has 2 aliphatic rings. The number of halogens is 1. The third kappa shape index (κ3) is 2.35. The number of nitrogens with zero attached hydrogens (tertiary/aromatic N) is 1. The first-order valence-electron chi connectivity index (χ1n) is 6.64. The van der Waals surface area contributed by atoms with E-state index in [1.54, 1.807) is 0 Å². The molecular weight excluding hydrogens is 279 g/mol. The van der Waals surface area contributed by atoms with Crippen LogP contribution < -0.4 is 10.1 Å². The van der Waals surface area contributed by atoms with Gasteiger partial charge in [-0.1, -0.05) is 6.07 Å². The normalized spacial score (nSPS) is 22.2. The average molecular weight is 292 g/mol. The van der Waals surface area contributed by atoms with Crippen LogP contribution in [0.2, 0.25) is 0 Å². The first-order chi connectivity index (χ1) is 10.1. The van der Waals surface area contributed by atoms with Crippen molar-refractivity contribution in [3.8, 4) is 5.75 Å². The van der Waals surface area contributed by atoms with Crippen molar-refractivity contribution in [3.63, 3.8) is 0 Å². The smallest absolute Gasteiger partial charge is 0.261 e. The number of carbonyl (C=O) groups excluding carboxylic acids is 3. The van der Waals surface area contributed by atoms with Crippen LogP contribution in [0.25, 0.3) is 0 Å². The second-order valence-corrected chi connectivity index (χ2v) is 4.93. The van der Waals surface area contributed by atoms with Crippen molar-refractivity contribution in [3.05, 3.63) is 29.6 Å². The van der Waals surface area contributed by atoms with Gasteiger partial charge in [-0.3, -0.25) is 19.7 Å². The number of hydrogen-bond donors (Lipinski definition) is 1. The Kier molecular flexibility index (Phi) is 3.32. The summed E-state index contributed by atoms with van der Waals surface area (Å²) in [6.07, 6.45) is 0.394. The Balaban J connectivity index is 1.94. The molecule has 0 spiro atoms. The number of benzene rings is 1. The summed E-state index contributed by atoms with van der Waals surface area (Å²) < 4.78 is 19.3. The van der Waals surface area contributed by atoms with Crippen molar-refractivity contribution in [2.24, 2.45) is 0 Å². The van der Waals surface area contributed by atoms with Crippen LogP contribution in [0.4, 0.5) is 4.39 Å². The molecule has 1 fully saturated rings. The van der Waals surface area contributed by atoms with Crippen molar-refractivity contribution >= 4 is 17.7 Å². The number of fused-ring (bicyclic) bond motifs is 1. The summed E-state index contributed by atoms with van der Waals surface area (Å²) in [6, 6.07) is 3.38. The maximum absolute atomic E-state index is 13.9. The zero-order valence-corrected chi connectivity index (χ0v) is 11.1. The highest BCUT2D eigenvalue weighted by atomic mass is 19.1. The average Bonchev–Trinajstić information content (AvgIpc) is 2.60. The van der Waals surface area contributed by atoms with Crippen molar-refractivity contribution in [1.82, 2.24) is 10.2 Å². The van der Waals surface area contributed by atoms with E-state index in [4.69, 9.17) is 4.74 Å². The summed E-state index contributed by atoms with van der Waals surface area (Å²) >= 11 is 0. The topological polar surface area (TPSA) is 75.7 Å². The van der Waals surface area contributed by atoms with Crippen molar-refractivity contribution in [2.75, 3.05) is 13.2 Å². The molecule has 2 aliphatic heterocycles. The van der Waals surface area contributed by atoms with E-state index in [-0.39, 0.29) is 43.2 Å². The maximum atomic E-state index is 13.9. The van der Waals surface area contributed by atoms with Gasteiger partial charge < -0.3 is 9.64 Å².